The Morgan fingerprint density at radius 2 is 2.06 bits per heavy atom. The molecule has 0 aliphatic carbocycles. The van der Waals surface area contributed by atoms with E-state index in [1.54, 1.807) is 18.7 Å². The molecule has 0 atom stereocenters. The average Bonchev–Trinajstić information content (AvgIpc) is 2.30. The van der Waals surface area contributed by atoms with Crippen LogP contribution in [-0.4, -0.2) is 18.3 Å². The second-order valence-electron chi connectivity index (χ2n) is 3.23. The van der Waals surface area contributed by atoms with Crippen LogP contribution >= 0.6 is 11.8 Å². The number of esters is 1. The molecule has 0 spiro atoms. The van der Waals surface area contributed by atoms with Crippen LogP contribution in [0, 0.1) is 0 Å². The number of ether oxygens (including phenoxy) is 1. The van der Waals surface area contributed by atoms with Gasteiger partial charge in [-0.3, -0.25) is 0 Å². The predicted octanol–water partition coefficient (Wildman–Crippen LogP) is 3.29. The minimum Gasteiger partial charge on any atom is -0.463 e. The quantitative estimate of drug-likeness (QED) is 0.446. The third-order valence-corrected chi connectivity index (χ3v) is 2.92. The molecule has 0 unspecified atom stereocenters. The van der Waals surface area contributed by atoms with Crippen LogP contribution in [0.5, 0.6) is 0 Å². The van der Waals surface area contributed by atoms with Crippen LogP contribution in [0.3, 0.4) is 0 Å². The van der Waals surface area contributed by atoms with E-state index in [1.165, 1.54) is 4.90 Å². The number of carbonyl (C=O) groups excluding carboxylic acids is 1. The summed E-state index contributed by atoms with van der Waals surface area (Å²) in [5, 5.41) is 0. The molecule has 1 rings (SSSR count). The van der Waals surface area contributed by atoms with Crippen molar-refractivity contribution in [2.24, 2.45) is 0 Å². The molecular weight excluding hydrogens is 220 g/mol. The molecule has 0 aromatic heterocycles. The summed E-state index contributed by atoms with van der Waals surface area (Å²) in [5.74, 6) is 0.561. The van der Waals surface area contributed by atoms with E-state index in [1.807, 2.05) is 31.2 Å². The third kappa shape index (κ3) is 4.53. The van der Waals surface area contributed by atoms with Gasteiger partial charge in [0.2, 0.25) is 0 Å². The van der Waals surface area contributed by atoms with E-state index >= 15 is 0 Å². The Labute approximate surface area is 101 Å². The number of carbonyl (C=O) groups is 1. The zero-order valence-corrected chi connectivity index (χ0v) is 10.4. The van der Waals surface area contributed by atoms with Gasteiger partial charge in [0.1, 0.15) is 0 Å². The highest BCUT2D eigenvalue weighted by Crippen LogP contribution is 2.17. The lowest BCUT2D eigenvalue weighted by atomic mass is 10.3. The molecule has 2 nitrogen and oxygen atoms in total. The Morgan fingerprint density at radius 1 is 1.38 bits per heavy atom. The van der Waals surface area contributed by atoms with Crippen LogP contribution in [0.2, 0.25) is 0 Å². The van der Waals surface area contributed by atoms with Gasteiger partial charge in [-0.05, 0) is 26.0 Å². The van der Waals surface area contributed by atoms with Crippen LogP contribution < -0.4 is 0 Å². The van der Waals surface area contributed by atoms with Crippen molar-refractivity contribution >= 4 is 17.7 Å². The molecule has 0 heterocycles. The van der Waals surface area contributed by atoms with E-state index in [0.29, 0.717) is 12.2 Å². The van der Waals surface area contributed by atoms with E-state index < -0.39 is 0 Å². The Kier molecular flexibility index (Phi) is 5.72. The van der Waals surface area contributed by atoms with Gasteiger partial charge in [0.25, 0.3) is 0 Å². The minimum atomic E-state index is -0.226. The standard InChI is InChI=1S/C13H16O2S/c1-3-15-13(14)11(2)9-10-16-12-7-5-4-6-8-12/h4-9H,3,10H2,1-2H3/b11-9+. The van der Waals surface area contributed by atoms with Crippen LogP contribution in [-0.2, 0) is 9.53 Å². The summed E-state index contributed by atoms with van der Waals surface area (Å²) in [6.45, 7) is 4.02. The van der Waals surface area contributed by atoms with Gasteiger partial charge < -0.3 is 4.74 Å². The molecule has 0 saturated carbocycles. The first-order valence-electron chi connectivity index (χ1n) is 5.25. The molecule has 0 N–H and O–H groups in total. The summed E-state index contributed by atoms with van der Waals surface area (Å²) >= 11 is 1.70. The number of benzene rings is 1. The minimum absolute atomic E-state index is 0.226. The Balaban J connectivity index is 2.39. The maximum Gasteiger partial charge on any atom is 0.333 e. The summed E-state index contributed by atoms with van der Waals surface area (Å²) in [4.78, 5) is 12.5. The lowest BCUT2D eigenvalue weighted by molar-refractivity contribution is -0.138. The molecule has 1 aromatic carbocycles. The first-order valence-corrected chi connectivity index (χ1v) is 6.24. The van der Waals surface area contributed by atoms with Gasteiger partial charge in [0.05, 0.1) is 6.61 Å². The van der Waals surface area contributed by atoms with Gasteiger partial charge in [-0.1, -0.05) is 24.3 Å². The van der Waals surface area contributed by atoms with Gasteiger partial charge in [-0.15, -0.1) is 11.8 Å². The molecule has 0 saturated heterocycles. The SMILES string of the molecule is CCOC(=O)/C(C)=C/CSc1ccccc1. The highest BCUT2D eigenvalue weighted by Gasteiger charge is 2.03. The molecule has 16 heavy (non-hydrogen) atoms. The van der Waals surface area contributed by atoms with Crippen LogP contribution in [0.4, 0.5) is 0 Å². The summed E-state index contributed by atoms with van der Waals surface area (Å²) in [6, 6.07) is 10.1. The van der Waals surface area contributed by atoms with Crippen molar-refractivity contribution in [3.05, 3.63) is 42.0 Å². The molecule has 0 bridgehead atoms. The number of hydrogen-bond acceptors (Lipinski definition) is 3. The zero-order chi connectivity index (χ0) is 11.8. The number of thioether (sulfide) groups is 1. The van der Waals surface area contributed by atoms with Crippen molar-refractivity contribution in [2.75, 3.05) is 12.4 Å². The molecule has 0 aliphatic rings. The molecule has 0 amide bonds. The van der Waals surface area contributed by atoms with Crippen LogP contribution in [0.15, 0.2) is 46.9 Å². The zero-order valence-electron chi connectivity index (χ0n) is 9.60. The van der Waals surface area contributed by atoms with Crippen molar-refractivity contribution in [1.29, 1.82) is 0 Å². The number of rotatable bonds is 5. The molecule has 0 radical (unpaired) electrons. The Morgan fingerprint density at radius 3 is 2.69 bits per heavy atom. The monoisotopic (exact) mass is 236 g/mol. The van der Waals surface area contributed by atoms with Crippen molar-refractivity contribution in [3.63, 3.8) is 0 Å². The van der Waals surface area contributed by atoms with Gasteiger partial charge >= 0.3 is 5.97 Å². The van der Waals surface area contributed by atoms with E-state index in [4.69, 9.17) is 4.74 Å². The second-order valence-corrected chi connectivity index (χ2v) is 4.33. The van der Waals surface area contributed by atoms with Gasteiger partial charge in [-0.2, -0.15) is 0 Å². The van der Waals surface area contributed by atoms with E-state index in [-0.39, 0.29) is 5.97 Å². The molecule has 0 fully saturated rings. The fourth-order valence-corrected chi connectivity index (χ4v) is 1.98. The summed E-state index contributed by atoms with van der Waals surface area (Å²) in [5.41, 5.74) is 0.672. The maximum atomic E-state index is 11.3. The Bertz CT molecular complexity index is 357. The van der Waals surface area contributed by atoms with Crippen molar-refractivity contribution < 1.29 is 9.53 Å². The van der Waals surface area contributed by atoms with Gasteiger partial charge in [-0.25, -0.2) is 4.79 Å². The van der Waals surface area contributed by atoms with E-state index in [9.17, 15) is 4.79 Å². The lowest BCUT2D eigenvalue weighted by Crippen LogP contribution is -2.05. The molecule has 3 heteroatoms. The highest BCUT2D eigenvalue weighted by atomic mass is 32.2. The van der Waals surface area contributed by atoms with E-state index in [0.717, 1.165) is 5.75 Å². The fraction of sp³-hybridized carbons (Fsp3) is 0.308. The smallest absolute Gasteiger partial charge is 0.333 e. The van der Waals surface area contributed by atoms with Gasteiger partial charge in [0.15, 0.2) is 0 Å². The normalized spacial score (nSPS) is 11.2. The largest absolute Gasteiger partial charge is 0.463 e. The fourth-order valence-electron chi connectivity index (χ4n) is 1.11. The first-order chi connectivity index (χ1) is 7.74. The van der Waals surface area contributed by atoms with Crippen molar-refractivity contribution in [3.8, 4) is 0 Å². The molecule has 0 aliphatic heterocycles. The maximum absolute atomic E-state index is 11.3. The van der Waals surface area contributed by atoms with Crippen LogP contribution in [0.1, 0.15) is 13.8 Å². The predicted molar refractivity (Wildman–Crippen MR) is 67.6 cm³/mol. The van der Waals surface area contributed by atoms with Crippen LogP contribution in [0.25, 0.3) is 0 Å². The van der Waals surface area contributed by atoms with E-state index in [2.05, 4.69) is 12.1 Å². The van der Waals surface area contributed by atoms with Gasteiger partial charge in [0, 0.05) is 16.2 Å². The molecule has 1 aromatic rings. The third-order valence-electron chi connectivity index (χ3n) is 1.98. The lowest BCUT2D eigenvalue weighted by Gasteiger charge is -2.01. The molecular formula is C13H16O2S. The van der Waals surface area contributed by atoms with Crippen molar-refractivity contribution in [1.82, 2.24) is 0 Å². The first kappa shape index (κ1) is 12.8. The van der Waals surface area contributed by atoms with Crippen molar-refractivity contribution in [2.45, 2.75) is 18.7 Å². The summed E-state index contributed by atoms with van der Waals surface area (Å²) < 4.78 is 4.89. The Hall–Kier alpha value is -1.22. The summed E-state index contributed by atoms with van der Waals surface area (Å²) in [7, 11) is 0. The topological polar surface area (TPSA) is 26.3 Å². The second kappa shape index (κ2) is 7.12. The highest BCUT2D eigenvalue weighted by molar-refractivity contribution is 7.99. The molecule has 86 valence electrons. The number of hydrogen-bond donors (Lipinski definition) is 0. The average molecular weight is 236 g/mol. The summed E-state index contributed by atoms with van der Waals surface area (Å²) in [6.07, 6.45) is 1.90.